The van der Waals surface area contributed by atoms with E-state index in [1.165, 1.54) is 0 Å². The van der Waals surface area contributed by atoms with Gasteiger partial charge in [0, 0.05) is 0 Å². The molecule has 0 bridgehead atoms. The first-order valence-electron chi connectivity index (χ1n) is 25.1. The zero-order valence-corrected chi connectivity index (χ0v) is 45.9. The molecule has 14 unspecified atom stereocenters. The van der Waals surface area contributed by atoms with E-state index in [2.05, 4.69) is 0 Å². The zero-order chi connectivity index (χ0) is 52.3. The quantitative estimate of drug-likeness (QED) is 0.0538. The Morgan fingerprint density at radius 3 is 0.565 bits per heavy atom. The summed E-state index contributed by atoms with van der Waals surface area (Å²) in [5, 5.41) is 0. The highest BCUT2D eigenvalue weighted by Crippen LogP contribution is 2.09. The Bertz CT molecular complexity index is 1230. The van der Waals surface area contributed by atoms with Crippen molar-refractivity contribution in [3.63, 3.8) is 0 Å². The summed E-state index contributed by atoms with van der Waals surface area (Å²) >= 11 is 0. The zero-order valence-electron chi connectivity index (χ0n) is 45.9. The smallest absolute Gasteiger partial charge is 0.432 e. The van der Waals surface area contributed by atoms with Gasteiger partial charge in [0.25, 0.3) is 0 Å². The van der Waals surface area contributed by atoms with E-state index in [1.54, 1.807) is 34.6 Å². The van der Waals surface area contributed by atoms with Gasteiger partial charge in [-0.05, 0) is 125 Å². The van der Waals surface area contributed by atoms with Gasteiger partial charge in [0.2, 0.25) is 0 Å². The number of rotatable bonds is 44. The van der Waals surface area contributed by atoms with Crippen LogP contribution in [-0.2, 0) is 80.5 Å². The Labute approximate surface area is 416 Å². The lowest BCUT2D eigenvalue weighted by Gasteiger charge is -2.23. The van der Waals surface area contributed by atoms with Crippen LogP contribution in [0, 0.1) is 0 Å². The lowest BCUT2D eigenvalue weighted by molar-refractivity contribution is -0.115. The monoisotopic (exact) mass is 1000 g/mol. The Morgan fingerprint density at radius 2 is 0.377 bits per heavy atom. The topological polar surface area (TPSA) is 191 Å². The Morgan fingerprint density at radius 1 is 0.217 bits per heavy atom. The molecule has 14 atom stereocenters. The maximum absolute atomic E-state index is 11.6. The molecule has 412 valence electrons. The molecule has 0 saturated heterocycles. The van der Waals surface area contributed by atoms with Gasteiger partial charge < -0.3 is 80.5 Å². The van der Waals surface area contributed by atoms with Gasteiger partial charge in [0.05, 0.1) is 177 Å². The fourth-order valence-electron chi connectivity index (χ4n) is 5.35. The van der Waals surface area contributed by atoms with E-state index in [4.69, 9.17) is 80.5 Å². The molecule has 0 aliphatic heterocycles. The fourth-order valence-corrected chi connectivity index (χ4v) is 5.35. The van der Waals surface area contributed by atoms with Crippen LogP contribution in [0.15, 0.2) is 0 Å². The largest absolute Gasteiger partial charge is 0.508 e. The van der Waals surface area contributed by atoms with E-state index in [9.17, 15) is 9.59 Å². The van der Waals surface area contributed by atoms with Crippen molar-refractivity contribution in [3.8, 4) is 0 Å². The van der Waals surface area contributed by atoms with Crippen molar-refractivity contribution in [1.82, 2.24) is 0 Å². The van der Waals surface area contributed by atoms with E-state index in [-0.39, 0.29) is 105 Å². The standard InChI is InChI=1S/C50H98O19/c1-33(2)67-49(51)66-31-47(17)64-29-45(15)62-27-43(13)60-25-41(11)58-23-39(9)56-21-37(7)54-19-35(5)53-20-36(6)55-22-38(8)57-24-40(10)59-26-42(12)61-28-44(14)63-30-46(16)65-32-48(18)69-50(52)68-34(3)4/h33-48H,19-32H2,1-18H3. The number of hydrogen-bond donors (Lipinski definition) is 0. The van der Waals surface area contributed by atoms with Gasteiger partial charge in [-0.15, -0.1) is 0 Å². The predicted octanol–water partition coefficient (Wildman–Crippen LogP) is 7.76. The van der Waals surface area contributed by atoms with Crippen molar-refractivity contribution in [2.75, 3.05) is 92.5 Å². The lowest BCUT2D eigenvalue weighted by atomic mass is 10.3. The molecule has 0 aromatic carbocycles. The van der Waals surface area contributed by atoms with E-state index in [0.717, 1.165) is 0 Å². The fraction of sp³-hybridized carbons (Fsp3) is 0.960. The summed E-state index contributed by atoms with van der Waals surface area (Å²) in [6, 6.07) is 0. The molecular weight excluding hydrogens is 905 g/mol. The van der Waals surface area contributed by atoms with Crippen LogP contribution in [-0.4, -0.2) is 202 Å². The second-order valence-corrected chi connectivity index (χ2v) is 18.9. The second-order valence-electron chi connectivity index (χ2n) is 18.9. The molecule has 0 saturated carbocycles. The molecule has 19 nitrogen and oxygen atoms in total. The summed E-state index contributed by atoms with van der Waals surface area (Å²) in [6.45, 7) is 39.3. The SMILES string of the molecule is CC(C)OC(=O)OCC(C)OCC(C)OCC(C)OCC(C)OCC(C)OCC(C)OCC(C)OCC(C)OCC(C)OCC(C)OCC(C)OCC(C)OCC(C)OCC(C)OC(=O)OC(C)C. The molecule has 0 N–H and O–H groups in total. The van der Waals surface area contributed by atoms with Gasteiger partial charge >= 0.3 is 12.3 Å². The highest BCUT2D eigenvalue weighted by Gasteiger charge is 2.19. The van der Waals surface area contributed by atoms with Gasteiger partial charge in [-0.3, -0.25) is 0 Å². The molecule has 0 radical (unpaired) electrons. The van der Waals surface area contributed by atoms with Crippen molar-refractivity contribution in [1.29, 1.82) is 0 Å². The van der Waals surface area contributed by atoms with Crippen LogP contribution in [0.5, 0.6) is 0 Å². The van der Waals surface area contributed by atoms with Crippen LogP contribution in [0.3, 0.4) is 0 Å². The van der Waals surface area contributed by atoms with Crippen molar-refractivity contribution in [3.05, 3.63) is 0 Å². The van der Waals surface area contributed by atoms with Crippen molar-refractivity contribution < 1.29 is 90.1 Å². The lowest BCUT2D eigenvalue weighted by Crippen LogP contribution is -2.31. The normalized spacial score (nSPS) is 18.3. The highest BCUT2D eigenvalue weighted by atomic mass is 16.7. The summed E-state index contributed by atoms with van der Waals surface area (Å²) in [6.07, 6.45) is -4.21. The van der Waals surface area contributed by atoms with Crippen LogP contribution in [0.25, 0.3) is 0 Å². The molecule has 0 aliphatic rings. The molecule has 69 heavy (non-hydrogen) atoms. The molecule has 0 aromatic heterocycles. The van der Waals surface area contributed by atoms with Crippen LogP contribution in [0.2, 0.25) is 0 Å². The summed E-state index contributed by atoms with van der Waals surface area (Å²) in [4.78, 5) is 23.1. The molecule has 0 amide bonds. The molecule has 0 spiro atoms. The Kier molecular flexibility index (Phi) is 39.3. The number of ether oxygens (including phenoxy) is 17. The van der Waals surface area contributed by atoms with Crippen LogP contribution < -0.4 is 0 Å². The van der Waals surface area contributed by atoms with E-state index in [1.807, 2.05) is 90.0 Å². The Balaban J connectivity index is 4.02. The van der Waals surface area contributed by atoms with Crippen molar-refractivity contribution in [2.45, 2.75) is 222 Å². The van der Waals surface area contributed by atoms with Gasteiger partial charge in [0.1, 0.15) is 12.7 Å². The van der Waals surface area contributed by atoms with Crippen LogP contribution in [0.4, 0.5) is 9.59 Å². The summed E-state index contributed by atoms with van der Waals surface area (Å²) < 4.78 is 96.9. The maximum atomic E-state index is 11.6. The number of hydrogen-bond acceptors (Lipinski definition) is 19. The van der Waals surface area contributed by atoms with E-state index in [0.29, 0.717) is 79.3 Å². The average molecular weight is 1000 g/mol. The molecule has 19 heteroatoms. The van der Waals surface area contributed by atoms with Gasteiger partial charge in [-0.2, -0.15) is 0 Å². The minimum atomic E-state index is -0.705. The molecule has 0 aliphatic carbocycles. The molecule has 0 aromatic rings. The van der Waals surface area contributed by atoms with Gasteiger partial charge in [0.15, 0.2) is 0 Å². The molecule has 0 rings (SSSR count). The number of carbonyl (C=O) groups excluding carboxylic acids is 2. The summed E-state index contributed by atoms with van der Waals surface area (Å²) in [7, 11) is 0. The molecular formula is C50H98O19. The third-order valence-corrected chi connectivity index (χ3v) is 9.40. The van der Waals surface area contributed by atoms with Crippen molar-refractivity contribution >= 4 is 12.3 Å². The van der Waals surface area contributed by atoms with Crippen molar-refractivity contribution in [2.24, 2.45) is 0 Å². The van der Waals surface area contributed by atoms with Crippen LogP contribution >= 0.6 is 0 Å². The molecule has 0 heterocycles. The third-order valence-electron chi connectivity index (χ3n) is 9.40. The third kappa shape index (κ3) is 42.3. The van der Waals surface area contributed by atoms with E-state index < -0.39 is 18.4 Å². The minimum Gasteiger partial charge on any atom is -0.432 e. The summed E-state index contributed by atoms with van der Waals surface area (Å²) in [5.74, 6) is 0. The number of carbonyl (C=O) groups is 2. The average Bonchev–Trinajstić information content (AvgIpc) is 3.28. The van der Waals surface area contributed by atoms with Gasteiger partial charge in [-0.1, -0.05) is 0 Å². The van der Waals surface area contributed by atoms with Gasteiger partial charge in [-0.25, -0.2) is 9.59 Å². The Hall–Kier alpha value is -1.98. The first kappa shape index (κ1) is 67.0. The highest BCUT2D eigenvalue weighted by molar-refractivity contribution is 5.60. The second kappa shape index (κ2) is 40.5. The predicted molar refractivity (Wildman–Crippen MR) is 260 cm³/mol. The maximum Gasteiger partial charge on any atom is 0.508 e. The summed E-state index contributed by atoms with van der Waals surface area (Å²) in [5.41, 5.74) is 0. The van der Waals surface area contributed by atoms with E-state index >= 15 is 0 Å². The van der Waals surface area contributed by atoms with Crippen LogP contribution in [0.1, 0.15) is 125 Å². The molecule has 0 fully saturated rings. The minimum absolute atomic E-state index is 0.105. The first-order chi connectivity index (χ1) is 32.4. The first-order valence-corrected chi connectivity index (χ1v) is 25.1.